The summed E-state index contributed by atoms with van der Waals surface area (Å²) in [6, 6.07) is 6.51. The molecule has 0 bridgehead atoms. The molecule has 3 unspecified atom stereocenters. The second-order valence-corrected chi connectivity index (χ2v) is 6.83. The fraction of sp³-hybridized carbons (Fsp3) is 0.444. The molecular formula is C18H21ClFN3O. The molecule has 128 valence electrons. The summed E-state index contributed by atoms with van der Waals surface area (Å²) in [6.45, 7) is 3.34. The zero-order valence-electron chi connectivity index (χ0n) is 13.5. The van der Waals surface area contributed by atoms with Crippen LogP contribution in [0.15, 0.2) is 24.3 Å². The van der Waals surface area contributed by atoms with Gasteiger partial charge >= 0.3 is 0 Å². The molecule has 0 spiro atoms. The van der Waals surface area contributed by atoms with E-state index in [-0.39, 0.29) is 30.2 Å². The number of hydrogen-bond acceptors (Lipinski definition) is 3. The minimum absolute atomic E-state index is 0. The van der Waals surface area contributed by atoms with Gasteiger partial charge in [-0.05, 0) is 49.8 Å². The van der Waals surface area contributed by atoms with E-state index in [2.05, 4.69) is 4.98 Å². The molecule has 2 N–H and O–H groups in total. The average molecular weight is 350 g/mol. The highest BCUT2D eigenvalue weighted by atomic mass is 35.5. The van der Waals surface area contributed by atoms with Crippen LogP contribution in [-0.2, 0) is 0 Å². The molecule has 2 fully saturated rings. The Morgan fingerprint density at radius 2 is 2.08 bits per heavy atom. The molecule has 1 saturated carbocycles. The predicted molar refractivity (Wildman–Crippen MR) is 93.8 cm³/mol. The third-order valence-electron chi connectivity index (χ3n) is 5.40. The van der Waals surface area contributed by atoms with Crippen LogP contribution in [0.3, 0.4) is 0 Å². The SMILES string of the molecule is Cc1nc2cc(F)ccc2cc1C(=O)N1CC2CCC(N)C2C1.Cl. The van der Waals surface area contributed by atoms with E-state index in [9.17, 15) is 9.18 Å². The zero-order valence-corrected chi connectivity index (χ0v) is 14.4. The first-order valence-corrected chi connectivity index (χ1v) is 8.14. The van der Waals surface area contributed by atoms with E-state index < -0.39 is 0 Å². The fourth-order valence-corrected chi connectivity index (χ4v) is 4.10. The third-order valence-corrected chi connectivity index (χ3v) is 5.40. The van der Waals surface area contributed by atoms with Crippen molar-refractivity contribution in [2.45, 2.75) is 25.8 Å². The van der Waals surface area contributed by atoms with Crippen LogP contribution in [0.5, 0.6) is 0 Å². The highest BCUT2D eigenvalue weighted by Gasteiger charge is 2.42. The Balaban J connectivity index is 0.00000169. The van der Waals surface area contributed by atoms with E-state index in [4.69, 9.17) is 5.73 Å². The van der Waals surface area contributed by atoms with Crippen molar-refractivity contribution in [1.29, 1.82) is 0 Å². The summed E-state index contributed by atoms with van der Waals surface area (Å²) in [5.41, 5.74) is 7.99. The van der Waals surface area contributed by atoms with Crippen molar-refractivity contribution in [2.75, 3.05) is 13.1 Å². The molecule has 2 heterocycles. The fourth-order valence-electron chi connectivity index (χ4n) is 4.10. The van der Waals surface area contributed by atoms with E-state index in [0.29, 0.717) is 28.6 Å². The molecule has 1 aliphatic heterocycles. The number of carbonyl (C=O) groups is 1. The number of rotatable bonds is 1. The van der Waals surface area contributed by atoms with Gasteiger partial charge in [-0.15, -0.1) is 12.4 Å². The predicted octanol–water partition coefficient (Wildman–Crippen LogP) is 2.91. The molecule has 4 rings (SSSR count). The number of halogens is 2. The number of likely N-dealkylation sites (tertiary alicyclic amines) is 1. The Morgan fingerprint density at radius 1 is 1.29 bits per heavy atom. The molecule has 1 amide bonds. The maximum absolute atomic E-state index is 13.3. The minimum atomic E-state index is -0.315. The van der Waals surface area contributed by atoms with Crippen LogP contribution in [0.1, 0.15) is 28.9 Å². The standard InChI is InChI=1S/C18H20FN3O.ClH/c1-10-14(6-11-2-4-13(19)7-17(11)21-10)18(23)22-8-12-3-5-16(20)15(12)9-22;/h2,4,6-7,12,15-16H,3,5,8-9,20H2,1H3;1H. The summed E-state index contributed by atoms with van der Waals surface area (Å²) < 4.78 is 13.3. The number of aromatic nitrogens is 1. The van der Waals surface area contributed by atoms with Crippen LogP contribution in [-0.4, -0.2) is 34.9 Å². The van der Waals surface area contributed by atoms with Crippen molar-refractivity contribution >= 4 is 29.2 Å². The highest BCUT2D eigenvalue weighted by molar-refractivity contribution is 5.98. The number of pyridine rings is 1. The van der Waals surface area contributed by atoms with Gasteiger partial charge in [-0.3, -0.25) is 9.78 Å². The van der Waals surface area contributed by atoms with Gasteiger partial charge in [0.1, 0.15) is 5.82 Å². The van der Waals surface area contributed by atoms with Gasteiger partial charge in [-0.2, -0.15) is 0 Å². The van der Waals surface area contributed by atoms with Gasteiger partial charge in [-0.1, -0.05) is 0 Å². The Bertz CT molecular complexity index is 797. The topological polar surface area (TPSA) is 59.2 Å². The van der Waals surface area contributed by atoms with Gasteiger partial charge in [0.25, 0.3) is 5.91 Å². The molecule has 3 atom stereocenters. The summed E-state index contributed by atoms with van der Waals surface area (Å²) >= 11 is 0. The highest BCUT2D eigenvalue weighted by Crippen LogP contribution is 2.37. The quantitative estimate of drug-likeness (QED) is 0.861. The number of carbonyl (C=O) groups excluding carboxylic acids is 1. The molecule has 0 radical (unpaired) electrons. The van der Waals surface area contributed by atoms with Crippen LogP contribution in [0.2, 0.25) is 0 Å². The van der Waals surface area contributed by atoms with Gasteiger partial charge in [-0.25, -0.2) is 4.39 Å². The van der Waals surface area contributed by atoms with Gasteiger partial charge in [0.05, 0.1) is 16.8 Å². The second-order valence-electron chi connectivity index (χ2n) is 6.83. The number of hydrogen-bond donors (Lipinski definition) is 1. The maximum Gasteiger partial charge on any atom is 0.255 e. The van der Waals surface area contributed by atoms with Crippen LogP contribution in [0.4, 0.5) is 4.39 Å². The summed E-state index contributed by atoms with van der Waals surface area (Å²) in [5.74, 6) is 0.672. The van der Waals surface area contributed by atoms with Crippen molar-refractivity contribution in [1.82, 2.24) is 9.88 Å². The van der Waals surface area contributed by atoms with Gasteiger partial charge in [0.15, 0.2) is 0 Å². The summed E-state index contributed by atoms with van der Waals surface area (Å²) in [4.78, 5) is 19.2. The zero-order chi connectivity index (χ0) is 16.1. The summed E-state index contributed by atoms with van der Waals surface area (Å²) in [7, 11) is 0. The molecule has 1 aromatic carbocycles. The van der Waals surface area contributed by atoms with E-state index in [1.807, 2.05) is 11.0 Å². The lowest BCUT2D eigenvalue weighted by Crippen LogP contribution is -2.33. The lowest BCUT2D eigenvalue weighted by Gasteiger charge is -2.20. The number of aryl methyl sites for hydroxylation is 1. The first-order valence-electron chi connectivity index (χ1n) is 8.14. The van der Waals surface area contributed by atoms with Crippen molar-refractivity contribution in [3.05, 3.63) is 41.3 Å². The number of amides is 1. The Kier molecular flexibility index (Phi) is 4.49. The van der Waals surface area contributed by atoms with Gasteiger partial charge in [0.2, 0.25) is 0 Å². The Labute approximate surface area is 146 Å². The molecule has 6 heteroatoms. The third kappa shape index (κ3) is 2.76. The number of fused-ring (bicyclic) bond motifs is 2. The average Bonchev–Trinajstić information content (AvgIpc) is 3.08. The van der Waals surface area contributed by atoms with Gasteiger partial charge in [0, 0.05) is 30.6 Å². The summed E-state index contributed by atoms with van der Waals surface area (Å²) in [6.07, 6.45) is 2.18. The Morgan fingerprint density at radius 3 is 2.83 bits per heavy atom. The summed E-state index contributed by atoms with van der Waals surface area (Å²) in [5, 5.41) is 0.788. The van der Waals surface area contributed by atoms with Crippen LogP contribution < -0.4 is 5.73 Å². The van der Waals surface area contributed by atoms with Gasteiger partial charge < -0.3 is 10.6 Å². The second kappa shape index (κ2) is 6.30. The lowest BCUT2D eigenvalue weighted by molar-refractivity contribution is 0.0778. The maximum atomic E-state index is 13.3. The largest absolute Gasteiger partial charge is 0.338 e. The Hall–Kier alpha value is -1.72. The first-order chi connectivity index (χ1) is 11.0. The molecule has 1 saturated heterocycles. The smallest absolute Gasteiger partial charge is 0.255 e. The molecule has 1 aromatic heterocycles. The number of benzene rings is 1. The molecule has 24 heavy (non-hydrogen) atoms. The van der Waals surface area contributed by atoms with Crippen molar-refractivity contribution < 1.29 is 9.18 Å². The normalized spacial score (nSPS) is 25.6. The van der Waals surface area contributed by atoms with Crippen molar-refractivity contribution in [2.24, 2.45) is 17.6 Å². The lowest BCUT2D eigenvalue weighted by atomic mass is 9.98. The van der Waals surface area contributed by atoms with Crippen molar-refractivity contribution in [3.8, 4) is 0 Å². The number of nitrogens with zero attached hydrogens (tertiary/aromatic N) is 2. The molecule has 2 aliphatic rings. The molecule has 4 nitrogen and oxygen atoms in total. The van der Waals surface area contributed by atoms with Crippen molar-refractivity contribution in [3.63, 3.8) is 0 Å². The van der Waals surface area contributed by atoms with E-state index in [0.717, 1.165) is 31.3 Å². The first kappa shape index (κ1) is 17.1. The van der Waals surface area contributed by atoms with Crippen LogP contribution >= 0.6 is 12.4 Å². The van der Waals surface area contributed by atoms with E-state index >= 15 is 0 Å². The van der Waals surface area contributed by atoms with E-state index in [1.54, 1.807) is 13.0 Å². The van der Waals surface area contributed by atoms with Crippen LogP contribution in [0, 0.1) is 24.6 Å². The minimum Gasteiger partial charge on any atom is -0.338 e. The monoisotopic (exact) mass is 349 g/mol. The number of nitrogens with two attached hydrogens (primary N) is 1. The molecule has 2 aromatic rings. The van der Waals surface area contributed by atoms with E-state index in [1.165, 1.54) is 12.1 Å². The van der Waals surface area contributed by atoms with Crippen LogP contribution in [0.25, 0.3) is 10.9 Å². The molecule has 1 aliphatic carbocycles. The molecular weight excluding hydrogens is 329 g/mol.